The van der Waals surface area contributed by atoms with Gasteiger partial charge >= 0.3 is 0 Å². The summed E-state index contributed by atoms with van der Waals surface area (Å²) in [7, 11) is 0. The molecular weight excluding hydrogens is 939 g/mol. The smallest absolute Gasteiger partial charge is 0.229 e. The van der Waals surface area contributed by atoms with Gasteiger partial charge in [-0.25, -0.2) is 19.3 Å². The number of rotatable bonds is 11. The van der Waals surface area contributed by atoms with E-state index in [9.17, 15) is 15.0 Å². The first-order valence-corrected chi connectivity index (χ1v) is 26.9. The molecule has 7 N–H and O–H groups in total. The quantitative estimate of drug-likeness (QED) is 0.0644. The van der Waals surface area contributed by atoms with Gasteiger partial charge in [-0.2, -0.15) is 20.2 Å². The molecule has 12 rings (SSSR count). The Morgan fingerprint density at radius 3 is 1.52 bits per heavy atom. The summed E-state index contributed by atoms with van der Waals surface area (Å²) < 4.78 is 4.06. The summed E-state index contributed by atoms with van der Waals surface area (Å²) in [4.78, 5) is 31.2. The van der Waals surface area contributed by atoms with Crippen molar-refractivity contribution in [3.8, 4) is 0 Å². The number of hydrogen-bond acceptors (Lipinski definition) is 14. The van der Waals surface area contributed by atoms with E-state index in [1.165, 1.54) is 33.4 Å². The Balaban J connectivity index is 0.000000161. The summed E-state index contributed by atoms with van der Waals surface area (Å²) in [6, 6.07) is 25.7. The van der Waals surface area contributed by atoms with E-state index in [0.717, 1.165) is 158 Å². The molecule has 16 heteroatoms. The maximum atomic E-state index is 12.0. The number of aliphatic hydroxyl groups excluding tert-OH is 2. The number of aliphatic hydroxyl groups is 2. The molecule has 4 aromatic carbocycles. The van der Waals surface area contributed by atoms with Crippen LogP contribution >= 0.6 is 0 Å². The van der Waals surface area contributed by atoms with Crippen molar-refractivity contribution in [3.05, 3.63) is 130 Å². The molecule has 75 heavy (non-hydrogen) atoms. The minimum Gasteiger partial charge on any atom is -0.393 e. The third kappa shape index (κ3) is 10.8. The highest BCUT2D eigenvalue weighted by molar-refractivity contribution is 5.91. The highest BCUT2D eigenvalue weighted by Gasteiger charge is 2.28. The highest BCUT2D eigenvalue weighted by atomic mass is 16.3. The second kappa shape index (κ2) is 21.5. The van der Waals surface area contributed by atoms with E-state index < -0.39 is 0 Å². The lowest BCUT2D eigenvalue weighted by Gasteiger charge is -2.25. The molecular formula is C59H69N13O3. The number of aromatic nitrogens is 8. The standard InChI is InChI=1S/C31H36N6O2.C28H33N7O/c1-18-5-4-6-19(2)28(18)34-29-27-17-32-31(35-30(27)37(36-29)25-11-13-26(39)14-12-25)33-24-10-9-21-7-8-22(20(3)38)15-23(21)16-24;1-17-4-3-5-18(2)25(17)32-26-24-16-30-28(31-21-7-6-19-12-13-29-15-20(19)14-21)33-27(24)35(34-26)22-8-10-23(36)11-9-22/h4-6,9-10,16-17,22,25-26,39H,7-8,11-15H2,1-3H3,(H,34,36)(H,32,33,35);3-7,14,16,22-23,29,36H,8-13,15H2,1-2H3,(H,32,34)(H,30,31,33). The lowest BCUT2D eigenvalue weighted by Crippen LogP contribution is -2.23. The van der Waals surface area contributed by atoms with Gasteiger partial charge in [-0.05, 0) is 187 Å². The van der Waals surface area contributed by atoms with E-state index >= 15 is 0 Å². The molecule has 5 heterocycles. The average Bonchev–Trinajstić information content (AvgIpc) is 3.96. The maximum absolute atomic E-state index is 12.0. The largest absolute Gasteiger partial charge is 0.393 e. The Labute approximate surface area is 438 Å². The molecule has 4 aliphatic rings. The predicted octanol–water partition coefficient (Wildman–Crippen LogP) is 11.2. The van der Waals surface area contributed by atoms with Crippen molar-refractivity contribution in [3.63, 3.8) is 0 Å². The SMILES string of the molecule is CC(=O)C1CCc2ccc(Nc3ncc4c(Nc5c(C)cccc5C)nn(C5CCC(O)CC5)c4n3)cc2C1.Cc1cccc(C)c1Nc1nn(C2CCC(O)CC2)c2nc(Nc3ccc4c(c3)CNCC4)ncc12. The van der Waals surface area contributed by atoms with Crippen molar-refractivity contribution < 1.29 is 15.0 Å². The normalized spacial score (nSPS) is 20.4. The van der Waals surface area contributed by atoms with Crippen molar-refractivity contribution in [1.29, 1.82) is 0 Å². The van der Waals surface area contributed by atoms with Crippen LogP contribution in [0.3, 0.4) is 0 Å². The Morgan fingerprint density at radius 1 is 0.573 bits per heavy atom. The fourth-order valence-corrected chi connectivity index (χ4v) is 11.5. The summed E-state index contributed by atoms with van der Waals surface area (Å²) in [6.45, 7) is 12.0. The lowest BCUT2D eigenvalue weighted by atomic mass is 9.82. The number of fused-ring (bicyclic) bond motifs is 4. The number of aryl methyl sites for hydroxylation is 5. The van der Waals surface area contributed by atoms with Gasteiger partial charge in [0.2, 0.25) is 11.9 Å². The number of carbonyl (C=O) groups is 1. The monoisotopic (exact) mass is 1010 g/mol. The van der Waals surface area contributed by atoms with Gasteiger partial charge in [0.05, 0.1) is 35.1 Å². The zero-order chi connectivity index (χ0) is 51.7. The van der Waals surface area contributed by atoms with Crippen LogP contribution in [0.1, 0.15) is 121 Å². The van der Waals surface area contributed by atoms with Crippen LogP contribution in [0.2, 0.25) is 0 Å². The number of anilines is 8. The van der Waals surface area contributed by atoms with E-state index in [2.05, 4.69) is 137 Å². The summed E-state index contributed by atoms with van der Waals surface area (Å²) >= 11 is 0. The van der Waals surface area contributed by atoms with Crippen LogP contribution < -0.4 is 26.6 Å². The van der Waals surface area contributed by atoms with Crippen molar-refractivity contribution in [2.24, 2.45) is 5.92 Å². The zero-order valence-electron chi connectivity index (χ0n) is 43.7. The van der Waals surface area contributed by atoms with Crippen molar-refractivity contribution in [2.75, 3.05) is 27.8 Å². The zero-order valence-corrected chi connectivity index (χ0v) is 43.7. The second-order valence-electron chi connectivity index (χ2n) is 21.4. The van der Waals surface area contributed by atoms with Crippen LogP contribution in [0.4, 0.5) is 46.3 Å². The van der Waals surface area contributed by atoms with Gasteiger partial charge in [0, 0.05) is 47.6 Å². The molecule has 0 saturated heterocycles. The summed E-state index contributed by atoms with van der Waals surface area (Å²) in [5, 5.41) is 49.3. The van der Waals surface area contributed by atoms with Crippen LogP contribution in [0.25, 0.3) is 22.1 Å². The number of Topliss-reactive ketones (excluding diaryl/α,β-unsaturated/α-hetero) is 1. The Morgan fingerprint density at radius 2 is 1.04 bits per heavy atom. The van der Waals surface area contributed by atoms with Crippen LogP contribution in [-0.4, -0.2) is 74.2 Å². The van der Waals surface area contributed by atoms with E-state index in [1.807, 2.05) is 21.8 Å². The lowest BCUT2D eigenvalue weighted by molar-refractivity contribution is -0.121. The van der Waals surface area contributed by atoms with Gasteiger partial charge in [0.15, 0.2) is 22.9 Å². The first kappa shape index (κ1) is 49.9. The van der Waals surface area contributed by atoms with E-state index in [1.54, 1.807) is 6.92 Å². The van der Waals surface area contributed by atoms with Gasteiger partial charge in [-0.3, -0.25) is 4.79 Å². The highest BCUT2D eigenvalue weighted by Crippen LogP contribution is 2.38. The van der Waals surface area contributed by atoms with Gasteiger partial charge in [0.1, 0.15) is 5.78 Å². The number of ketones is 1. The van der Waals surface area contributed by atoms with Crippen molar-refractivity contribution in [1.82, 2.24) is 44.8 Å². The fraction of sp³-hybridized carbons (Fsp3) is 0.407. The van der Waals surface area contributed by atoms with E-state index in [4.69, 9.17) is 20.2 Å². The molecule has 16 nitrogen and oxygen atoms in total. The minimum atomic E-state index is -0.242. The number of benzene rings is 4. The molecule has 1 aliphatic heterocycles. The first-order chi connectivity index (χ1) is 36.4. The van der Waals surface area contributed by atoms with E-state index in [-0.39, 0.29) is 36.0 Å². The topological polar surface area (TPSA) is 205 Å². The molecule has 2 fully saturated rings. The molecule has 0 radical (unpaired) electrons. The number of hydrogen-bond donors (Lipinski definition) is 7. The fourth-order valence-electron chi connectivity index (χ4n) is 11.5. The Kier molecular flexibility index (Phi) is 14.3. The summed E-state index contributed by atoms with van der Waals surface area (Å²) in [5.74, 6) is 2.94. The number of carbonyl (C=O) groups excluding carboxylic acids is 1. The van der Waals surface area contributed by atoms with Crippen LogP contribution in [0.15, 0.2) is 85.2 Å². The van der Waals surface area contributed by atoms with Gasteiger partial charge in [0.25, 0.3) is 0 Å². The van der Waals surface area contributed by atoms with Gasteiger partial charge < -0.3 is 36.8 Å². The Bertz CT molecular complexity index is 3350. The molecule has 0 amide bonds. The Hall–Kier alpha value is -7.27. The summed E-state index contributed by atoms with van der Waals surface area (Å²) in [5.41, 5.74) is 15.5. The van der Waals surface area contributed by atoms with Crippen molar-refractivity contribution in [2.45, 2.75) is 143 Å². The van der Waals surface area contributed by atoms with E-state index in [0.29, 0.717) is 11.9 Å². The van der Waals surface area contributed by atoms with Gasteiger partial charge in [-0.1, -0.05) is 48.5 Å². The third-order valence-corrected chi connectivity index (χ3v) is 16.0. The summed E-state index contributed by atoms with van der Waals surface area (Å²) in [6.07, 6.45) is 13.5. The molecule has 8 aromatic rings. The molecule has 1 unspecified atom stereocenters. The van der Waals surface area contributed by atoms with Crippen LogP contribution in [0.5, 0.6) is 0 Å². The molecule has 4 aromatic heterocycles. The predicted molar refractivity (Wildman–Crippen MR) is 297 cm³/mol. The number of nitrogens with zero attached hydrogens (tertiary/aromatic N) is 8. The maximum Gasteiger partial charge on any atom is 0.229 e. The number of para-hydroxylation sites is 2. The molecule has 0 bridgehead atoms. The number of nitrogens with one attached hydrogen (secondary N) is 5. The molecule has 1 atom stereocenters. The van der Waals surface area contributed by atoms with Crippen molar-refractivity contribution >= 4 is 74.1 Å². The van der Waals surface area contributed by atoms with Crippen LogP contribution in [0, 0.1) is 33.6 Å². The molecule has 2 saturated carbocycles. The molecule has 0 spiro atoms. The third-order valence-electron chi connectivity index (χ3n) is 16.0. The second-order valence-corrected chi connectivity index (χ2v) is 21.4. The minimum absolute atomic E-state index is 0.103. The van der Waals surface area contributed by atoms with Gasteiger partial charge in [-0.15, -0.1) is 0 Å². The van der Waals surface area contributed by atoms with Crippen LogP contribution in [-0.2, 0) is 30.6 Å². The molecule has 3 aliphatic carbocycles. The molecule has 388 valence electrons. The first-order valence-electron chi connectivity index (χ1n) is 26.9. The average molecular weight is 1010 g/mol.